The highest BCUT2D eigenvalue weighted by Crippen LogP contribution is 2.24. The summed E-state index contributed by atoms with van der Waals surface area (Å²) in [6.45, 7) is 4.36. The van der Waals surface area contributed by atoms with Crippen molar-refractivity contribution in [2.45, 2.75) is 52.0 Å². The highest BCUT2D eigenvalue weighted by molar-refractivity contribution is 5.94. The summed E-state index contributed by atoms with van der Waals surface area (Å²) in [5.41, 5.74) is 2.06. The maximum Gasteiger partial charge on any atom is 0.251 e. The average molecular weight is 245 g/mol. The zero-order valence-electron chi connectivity index (χ0n) is 11.4. The normalized spacial score (nSPS) is 23.7. The van der Waals surface area contributed by atoms with E-state index in [0.29, 0.717) is 12.0 Å². The van der Waals surface area contributed by atoms with Crippen LogP contribution < -0.4 is 5.32 Å². The highest BCUT2D eigenvalue weighted by atomic mass is 16.1. The van der Waals surface area contributed by atoms with Crippen molar-refractivity contribution in [3.8, 4) is 0 Å². The number of nitrogens with one attached hydrogen (secondary N) is 1. The Morgan fingerprint density at radius 1 is 1.22 bits per heavy atom. The van der Waals surface area contributed by atoms with Gasteiger partial charge in [-0.1, -0.05) is 38.8 Å². The number of hydrogen-bond acceptors (Lipinski definition) is 1. The van der Waals surface area contributed by atoms with Crippen LogP contribution in [0.25, 0.3) is 0 Å². The van der Waals surface area contributed by atoms with Gasteiger partial charge in [0.05, 0.1) is 0 Å². The third-order valence-corrected chi connectivity index (χ3v) is 4.05. The highest BCUT2D eigenvalue weighted by Gasteiger charge is 2.23. The molecule has 1 saturated carbocycles. The minimum atomic E-state index is 0.0800. The Morgan fingerprint density at radius 3 is 2.50 bits per heavy atom. The monoisotopic (exact) mass is 245 g/mol. The summed E-state index contributed by atoms with van der Waals surface area (Å²) < 4.78 is 0. The van der Waals surface area contributed by atoms with Gasteiger partial charge in [-0.3, -0.25) is 4.79 Å². The quantitative estimate of drug-likeness (QED) is 0.866. The van der Waals surface area contributed by atoms with Gasteiger partial charge in [-0.05, 0) is 42.9 Å². The minimum Gasteiger partial charge on any atom is -0.349 e. The van der Waals surface area contributed by atoms with Gasteiger partial charge in [0.25, 0.3) is 5.91 Å². The molecule has 98 valence electrons. The number of amides is 1. The zero-order valence-corrected chi connectivity index (χ0v) is 11.4. The van der Waals surface area contributed by atoms with Crippen LogP contribution >= 0.6 is 0 Å². The molecule has 0 bridgehead atoms. The number of rotatable bonds is 3. The third-order valence-electron chi connectivity index (χ3n) is 4.05. The Bertz CT molecular complexity index is 396. The predicted octanol–water partition coefficient (Wildman–Crippen LogP) is 3.56. The largest absolute Gasteiger partial charge is 0.349 e. The average Bonchev–Trinajstić information content (AvgIpc) is 2.41. The van der Waals surface area contributed by atoms with E-state index in [0.717, 1.165) is 18.4 Å². The van der Waals surface area contributed by atoms with Gasteiger partial charge in [0.1, 0.15) is 0 Å². The van der Waals surface area contributed by atoms with E-state index < -0.39 is 0 Å². The summed E-state index contributed by atoms with van der Waals surface area (Å²) in [5.74, 6) is 0.689. The molecule has 0 aromatic heterocycles. The van der Waals surface area contributed by atoms with Crippen LogP contribution in [0, 0.1) is 5.92 Å². The molecule has 1 aromatic rings. The van der Waals surface area contributed by atoms with Crippen LogP contribution in [0.5, 0.6) is 0 Å². The molecule has 18 heavy (non-hydrogen) atoms. The smallest absolute Gasteiger partial charge is 0.251 e. The molecule has 2 heteroatoms. The molecular weight excluding hydrogens is 222 g/mol. The van der Waals surface area contributed by atoms with E-state index in [2.05, 4.69) is 19.2 Å². The molecule has 0 aliphatic heterocycles. The van der Waals surface area contributed by atoms with E-state index in [1.807, 2.05) is 24.3 Å². The summed E-state index contributed by atoms with van der Waals surface area (Å²) >= 11 is 0. The summed E-state index contributed by atoms with van der Waals surface area (Å²) in [4.78, 5) is 12.1. The Kier molecular flexibility index (Phi) is 4.40. The fourth-order valence-corrected chi connectivity index (χ4v) is 2.67. The van der Waals surface area contributed by atoms with Gasteiger partial charge in [0.2, 0.25) is 0 Å². The number of carbonyl (C=O) groups is 1. The lowest BCUT2D eigenvalue weighted by atomic mass is 9.86. The topological polar surface area (TPSA) is 29.1 Å². The molecule has 0 radical (unpaired) electrons. The van der Waals surface area contributed by atoms with E-state index in [1.165, 1.54) is 24.8 Å². The van der Waals surface area contributed by atoms with Crippen LogP contribution in [0.15, 0.2) is 24.3 Å². The molecule has 2 atom stereocenters. The van der Waals surface area contributed by atoms with Crippen molar-refractivity contribution in [2.75, 3.05) is 0 Å². The second kappa shape index (κ2) is 6.03. The van der Waals surface area contributed by atoms with Gasteiger partial charge in [-0.25, -0.2) is 0 Å². The number of benzene rings is 1. The molecule has 0 spiro atoms. The predicted molar refractivity (Wildman–Crippen MR) is 74.7 cm³/mol. The molecule has 0 unspecified atom stereocenters. The molecule has 2 nitrogen and oxygen atoms in total. The molecule has 1 aromatic carbocycles. The molecule has 1 aliphatic carbocycles. The second-order valence-corrected chi connectivity index (χ2v) is 5.39. The Hall–Kier alpha value is -1.31. The van der Waals surface area contributed by atoms with Gasteiger partial charge >= 0.3 is 0 Å². The van der Waals surface area contributed by atoms with Crippen molar-refractivity contribution in [1.82, 2.24) is 5.32 Å². The first-order valence-corrected chi connectivity index (χ1v) is 7.10. The third kappa shape index (κ3) is 3.12. The second-order valence-electron chi connectivity index (χ2n) is 5.39. The Labute approximate surface area is 110 Å². The van der Waals surface area contributed by atoms with Crippen LogP contribution in [0.1, 0.15) is 55.5 Å². The minimum absolute atomic E-state index is 0.0800. The van der Waals surface area contributed by atoms with E-state index in [4.69, 9.17) is 0 Å². The van der Waals surface area contributed by atoms with Crippen LogP contribution in [-0.2, 0) is 6.42 Å². The summed E-state index contributed by atoms with van der Waals surface area (Å²) in [6.07, 6.45) is 5.92. The first-order valence-electron chi connectivity index (χ1n) is 7.10. The van der Waals surface area contributed by atoms with Gasteiger partial charge in [-0.15, -0.1) is 0 Å². The molecular formula is C16H23NO. The van der Waals surface area contributed by atoms with Crippen LogP contribution in [-0.4, -0.2) is 11.9 Å². The number of aryl methyl sites for hydroxylation is 1. The van der Waals surface area contributed by atoms with Crippen molar-refractivity contribution in [3.63, 3.8) is 0 Å². The van der Waals surface area contributed by atoms with Gasteiger partial charge in [0.15, 0.2) is 0 Å². The summed E-state index contributed by atoms with van der Waals surface area (Å²) in [5, 5.41) is 3.18. The summed E-state index contributed by atoms with van der Waals surface area (Å²) in [7, 11) is 0. The maximum atomic E-state index is 12.1. The number of carbonyl (C=O) groups excluding carboxylic acids is 1. The molecule has 2 rings (SSSR count). The molecule has 1 fully saturated rings. The Morgan fingerprint density at radius 2 is 1.89 bits per heavy atom. The van der Waals surface area contributed by atoms with Crippen molar-refractivity contribution in [2.24, 2.45) is 5.92 Å². The van der Waals surface area contributed by atoms with E-state index in [9.17, 15) is 4.79 Å². The lowest BCUT2D eigenvalue weighted by Gasteiger charge is -2.29. The zero-order chi connectivity index (χ0) is 13.0. The van der Waals surface area contributed by atoms with E-state index in [-0.39, 0.29) is 5.91 Å². The van der Waals surface area contributed by atoms with E-state index in [1.54, 1.807) is 0 Å². The number of hydrogen-bond donors (Lipinski definition) is 1. The van der Waals surface area contributed by atoms with Crippen LogP contribution in [0.3, 0.4) is 0 Å². The van der Waals surface area contributed by atoms with Crippen molar-refractivity contribution in [3.05, 3.63) is 35.4 Å². The molecule has 0 saturated heterocycles. The molecule has 0 heterocycles. The van der Waals surface area contributed by atoms with Crippen LogP contribution in [0.4, 0.5) is 0 Å². The van der Waals surface area contributed by atoms with Crippen molar-refractivity contribution < 1.29 is 4.79 Å². The fourth-order valence-electron chi connectivity index (χ4n) is 2.67. The molecule has 1 amide bonds. The molecule has 1 aliphatic rings. The van der Waals surface area contributed by atoms with Crippen LogP contribution in [0.2, 0.25) is 0 Å². The Balaban J connectivity index is 1.97. The standard InChI is InChI=1S/C16H23NO/c1-3-13-8-10-14(11-9-13)16(18)17-15-7-5-4-6-12(15)2/h8-12,15H,3-7H2,1-2H3,(H,17,18)/t12-,15-/m0/s1. The molecule has 1 N–H and O–H groups in total. The van der Waals surface area contributed by atoms with Gasteiger partial charge in [-0.2, -0.15) is 0 Å². The van der Waals surface area contributed by atoms with Gasteiger partial charge < -0.3 is 5.32 Å². The first kappa shape index (κ1) is 13.1. The van der Waals surface area contributed by atoms with Crippen molar-refractivity contribution in [1.29, 1.82) is 0 Å². The lowest BCUT2D eigenvalue weighted by Crippen LogP contribution is -2.41. The fraction of sp³-hybridized carbons (Fsp3) is 0.562. The van der Waals surface area contributed by atoms with Gasteiger partial charge in [0, 0.05) is 11.6 Å². The first-order chi connectivity index (χ1) is 8.70. The maximum absolute atomic E-state index is 12.1. The van der Waals surface area contributed by atoms with E-state index >= 15 is 0 Å². The summed E-state index contributed by atoms with van der Waals surface area (Å²) in [6, 6.07) is 8.30. The SMILES string of the molecule is CCc1ccc(C(=O)N[C@H]2CCCC[C@@H]2C)cc1. The lowest BCUT2D eigenvalue weighted by molar-refractivity contribution is 0.0910. The van der Waals surface area contributed by atoms with Crippen molar-refractivity contribution >= 4 is 5.91 Å².